The number of hydrogen-bond donors (Lipinski definition) is 0. The van der Waals surface area contributed by atoms with Gasteiger partial charge in [0.15, 0.2) is 0 Å². The number of hydrogen-bond acceptors (Lipinski definition) is 6. The summed E-state index contributed by atoms with van der Waals surface area (Å²) in [6, 6.07) is 12.4. The quantitative estimate of drug-likeness (QED) is 0.838. The maximum Gasteiger partial charge on any atom is 0.319 e. The highest BCUT2D eigenvalue weighted by atomic mass is 16.5. The number of anilines is 1. The van der Waals surface area contributed by atoms with Gasteiger partial charge in [-0.1, -0.05) is 35.4 Å². The van der Waals surface area contributed by atoms with Crippen molar-refractivity contribution >= 4 is 6.01 Å². The molecule has 0 saturated carbocycles. The van der Waals surface area contributed by atoms with Crippen LogP contribution in [0.1, 0.15) is 24.3 Å². The first-order valence-electron chi connectivity index (χ1n) is 6.97. The summed E-state index contributed by atoms with van der Waals surface area (Å²) in [6.45, 7) is 1.56. The molecule has 6 nitrogen and oxygen atoms in total. The standard InChI is InChI=1S/C15H16N4O2/c16-9-13-7-4-8-19(13)15-18-17-14(21-15)11-20-10-12-5-2-1-3-6-12/h1-3,5-6,13H,4,7-8,10-11H2/t13-/m0/s1. The lowest BCUT2D eigenvalue weighted by Gasteiger charge is -2.15. The Kier molecular flexibility index (Phi) is 4.12. The van der Waals surface area contributed by atoms with Gasteiger partial charge in [-0.2, -0.15) is 5.26 Å². The molecule has 2 heterocycles. The molecule has 0 unspecified atom stereocenters. The Bertz CT molecular complexity index is 620. The molecular weight excluding hydrogens is 268 g/mol. The number of benzene rings is 1. The molecule has 1 fully saturated rings. The lowest BCUT2D eigenvalue weighted by Crippen LogP contribution is -2.27. The van der Waals surface area contributed by atoms with Gasteiger partial charge in [-0.3, -0.25) is 0 Å². The monoisotopic (exact) mass is 284 g/mol. The maximum absolute atomic E-state index is 9.07. The molecule has 1 saturated heterocycles. The zero-order valence-electron chi connectivity index (χ0n) is 11.6. The van der Waals surface area contributed by atoms with Crippen LogP contribution in [0.2, 0.25) is 0 Å². The van der Waals surface area contributed by atoms with Crippen molar-refractivity contribution in [1.29, 1.82) is 5.26 Å². The molecule has 1 aromatic carbocycles. The molecule has 3 rings (SSSR count). The Balaban J connectivity index is 1.55. The third-order valence-electron chi connectivity index (χ3n) is 3.44. The highest BCUT2D eigenvalue weighted by Crippen LogP contribution is 2.23. The summed E-state index contributed by atoms with van der Waals surface area (Å²) in [5.74, 6) is 0.435. The average Bonchev–Trinajstić information content (AvgIpc) is 3.16. The highest BCUT2D eigenvalue weighted by Gasteiger charge is 2.28. The van der Waals surface area contributed by atoms with E-state index in [9.17, 15) is 0 Å². The summed E-state index contributed by atoms with van der Waals surface area (Å²) >= 11 is 0. The van der Waals surface area contributed by atoms with E-state index in [-0.39, 0.29) is 12.6 Å². The fraction of sp³-hybridized carbons (Fsp3) is 0.400. The van der Waals surface area contributed by atoms with Crippen LogP contribution in [0.15, 0.2) is 34.7 Å². The molecule has 21 heavy (non-hydrogen) atoms. The second-order valence-corrected chi connectivity index (χ2v) is 4.94. The molecule has 0 radical (unpaired) electrons. The van der Waals surface area contributed by atoms with Crippen molar-refractivity contribution in [2.24, 2.45) is 0 Å². The first-order valence-corrected chi connectivity index (χ1v) is 6.97. The van der Waals surface area contributed by atoms with Crippen LogP contribution in [0.4, 0.5) is 6.01 Å². The predicted molar refractivity (Wildman–Crippen MR) is 75.2 cm³/mol. The van der Waals surface area contributed by atoms with Crippen LogP contribution in [0.3, 0.4) is 0 Å². The molecule has 1 aliphatic rings. The van der Waals surface area contributed by atoms with Gasteiger partial charge in [0.05, 0.1) is 12.7 Å². The van der Waals surface area contributed by atoms with E-state index in [0.29, 0.717) is 18.5 Å². The summed E-state index contributed by atoms with van der Waals surface area (Å²) < 4.78 is 11.1. The van der Waals surface area contributed by atoms with Gasteiger partial charge in [-0.15, -0.1) is 5.10 Å². The Hall–Kier alpha value is -2.39. The van der Waals surface area contributed by atoms with E-state index in [4.69, 9.17) is 14.4 Å². The van der Waals surface area contributed by atoms with Crippen LogP contribution in [0.25, 0.3) is 0 Å². The van der Waals surface area contributed by atoms with E-state index in [2.05, 4.69) is 16.3 Å². The number of aromatic nitrogens is 2. The van der Waals surface area contributed by atoms with Crippen LogP contribution in [0.5, 0.6) is 0 Å². The van der Waals surface area contributed by atoms with Crippen LogP contribution in [-0.2, 0) is 18.0 Å². The van der Waals surface area contributed by atoms with Crippen LogP contribution < -0.4 is 4.90 Å². The van der Waals surface area contributed by atoms with E-state index in [0.717, 1.165) is 24.9 Å². The van der Waals surface area contributed by atoms with Crippen molar-refractivity contribution in [3.8, 4) is 6.07 Å². The van der Waals surface area contributed by atoms with Gasteiger partial charge in [0.2, 0.25) is 5.89 Å². The smallest absolute Gasteiger partial charge is 0.319 e. The SMILES string of the molecule is N#C[C@@H]1CCCN1c1nnc(COCc2ccccc2)o1. The summed E-state index contributed by atoms with van der Waals surface area (Å²) in [5, 5.41) is 17.0. The van der Waals surface area contributed by atoms with Crippen molar-refractivity contribution in [1.82, 2.24) is 10.2 Å². The summed E-state index contributed by atoms with van der Waals surface area (Å²) in [7, 11) is 0. The predicted octanol–water partition coefficient (Wildman–Crippen LogP) is 2.28. The van der Waals surface area contributed by atoms with E-state index < -0.39 is 0 Å². The highest BCUT2D eigenvalue weighted by molar-refractivity contribution is 5.32. The third-order valence-corrected chi connectivity index (χ3v) is 3.44. The van der Waals surface area contributed by atoms with Gasteiger partial charge in [0, 0.05) is 6.54 Å². The van der Waals surface area contributed by atoms with Crippen LogP contribution in [-0.4, -0.2) is 22.8 Å². The summed E-state index contributed by atoms with van der Waals surface area (Å²) in [4.78, 5) is 1.85. The zero-order valence-corrected chi connectivity index (χ0v) is 11.6. The lowest BCUT2D eigenvalue weighted by molar-refractivity contribution is 0.0897. The number of rotatable bonds is 5. The van der Waals surface area contributed by atoms with Crippen LogP contribution in [0, 0.1) is 11.3 Å². The molecule has 2 aromatic rings. The first-order chi connectivity index (χ1) is 10.4. The van der Waals surface area contributed by atoms with Crippen LogP contribution >= 0.6 is 0 Å². The molecule has 0 aliphatic carbocycles. The average molecular weight is 284 g/mol. The van der Waals surface area contributed by atoms with Gasteiger partial charge in [-0.25, -0.2) is 0 Å². The minimum atomic E-state index is -0.163. The second kappa shape index (κ2) is 6.37. The molecule has 6 heteroatoms. The molecule has 1 aliphatic heterocycles. The molecule has 0 bridgehead atoms. The minimum Gasteiger partial charge on any atom is -0.405 e. The molecule has 108 valence electrons. The van der Waals surface area contributed by atoms with E-state index in [1.54, 1.807) is 0 Å². The molecule has 0 spiro atoms. The molecule has 0 amide bonds. The van der Waals surface area contributed by atoms with Crippen molar-refractivity contribution in [2.75, 3.05) is 11.4 Å². The number of ether oxygens (including phenoxy) is 1. The second-order valence-electron chi connectivity index (χ2n) is 4.94. The van der Waals surface area contributed by atoms with E-state index >= 15 is 0 Å². The Morgan fingerprint density at radius 2 is 2.14 bits per heavy atom. The third kappa shape index (κ3) is 3.20. The fourth-order valence-electron chi connectivity index (χ4n) is 2.38. The Morgan fingerprint density at radius 1 is 1.29 bits per heavy atom. The molecule has 1 atom stereocenters. The van der Waals surface area contributed by atoms with Crippen molar-refractivity contribution in [2.45, 2.75) is 32.1 Å². The molecule has 0 N–H and O–H groups in total. The lowest BCUT2D eigenvalue weighted by atomic mass is 10.2. The normalized spacial score (nSPS) is 17.9. The van der Waals surface area contributed by atoms with Gasteiger partial charge in [0.1, 0.15) is 12.6 Å². The molecular formula is C15H16N4O2. The van der Waals surface area contributed by atoms with Gasteiger partial charge in [-0.05, 0) is 18.4 Å². The zero-order chi connectivity index (χ0) is 14.5. The van der Waals surface area contributed by atoms with Crippen molar-refractivity contribution in [3.05, 3.63) is 41.8 Å². The Labute approximate surface area is 123 Å². The fourth-order valence-corrected chi connectivity index (χ4v) is 2.38. The first kappa shape index (κ1) is 13.6. The summed E-state index contributed by atoms with van der Waals surface area (Å²) in [6.07, 6.45) is 1.82. The topological polar surface area (TPSA) is 75.2 Å². The largest absolute Gasteiger partial charge is 0.405 e. The number of nitrogens with zero attached hydrogens (tertiary/aromatic N) is 4. The minimum absolute atomic E-state index is 0.163. The maximum atomic E-state index is 9.07. The number of nitriles is 1. The van der Waals surface area contributed by atoms with Gasteiger partial charge in [0.25, 0.3) is 0 Å². The van der Waals surface area contributed by atoms with E-state index in [1.165, 1.54) is 0 Å². The Morgan fingerprint density at radius 3 is 2.95 bits per heavy atom. The van der Waals surface area contributed by atoms with Crippen molar-refractivity contribution < 1.29 is 9.15 Å². The van der Waals surface area contributed by atoms with Crippen molar-refractivity contribution in [3.63, 3.8) is 0 Å². The summed E-state index contributed by atoms with van der Waals surface area (Å²) in [5.41, 5.74) is 1.10. The molecule has 1 aromatic heterocycles. The van der Waals surface area contributed by atoms with E-state index in [1.807, 2.05) is 35.2 Å². The van der Waals surface area contributed by atoms with Gasteiger partial charge < -0.3 is 14.1 Å². The van der Waals surface area contributed by atoms with Gasteiger partial charge >= 0.3 is 6.01 Å².